The normalized spacial score (nSPS) is 13.6. The van der Waals surface area contributed by atoms with Gasteiger partial charge in [0.2, 0.25) is 0 Å². The SMILES string of the molecule is CCn1cc([N+](=O)[O-])cc1C(=O)N[C@H](C(=O)O)[C@@H](C)O. The molecule has 0 aliphatic carbocycles. The molecule has 0 saturated carbocycles. The van der Waals surface area contributed by atoms with Gasteiger partial charge in [-0.25, -0.2) is 4.79 Å². The number of carbonyl (C=O) groups excluding carboxylic acids is 1. The van der Waals surface area contributed by atoms with Gasteiger partial charge >= 0.3 is 5.97 Å². The molecule has 0 fully saturated rings. The lowest BCUT2D eigenvalue weighted by Crippen LogP contribution is -2.48. The highest BCUT2D eigenvalue weighted by molar-refractivity contribution is 5.96. The molecule has 0 unspecified atom stereocenters. The van der Waals surface area contributed by atoms with Crippen LogP contribution in [-0.2, 0) is 11.3 Å². The Morgan fingerprint density at radius 2 is 2.15 bits per heavy atom. The summed E-state index contributed by atoms with van der Waals surface area (Å²) in [5.74, 6) is -2.19. The number of nitro groups is 1. The number of carbonyl (C=O) groups is 2. The zero-order chi connectivity index (χ0) is 15.4. The van der Waals surface area contributed by atoms with Crippen LogP contribution >= 0.6 is 0 Å². The summed E-state index contributed by atoms with van der Waals surface area (Å²) in [6.45, 7) is 3.22. The third kappa shape index (κ3) is 3.32. The van der Waals surface area contributed by atoms with E-state index in [1.165, 1.54) is 17.7 Å². The molecule has 1 aromatic heterocycles. The molecule has 0 spiro atoms. The van der Waals surface area contributed by atoms with Crippen molar-refractivity contribution < 1.29 is 24.7 Å². The number of hydrogen-bond donors (Lipinski definition) is 3. The van der Waals surface area contributed by atoms with E-state index in [0.717, 1.165) is 6.07 Å². The lowest BCUT2D eigenvalue weighted by molar-refractivity contribution is -0.384. The Balaban J connectivity index is 3.02. The van der Waals surface area contributed by atoms with Gasteiger partial charge < -0.3 is 20.1 Å². The van der Waals surface area contributed by atoms with Gasteiger partial charge in [0.1, 0.15) is 5.69 Å². The van der Waals surface area contributed by atoms with E-state index in [9.17, 15) is 24.8 Å². The maximum Gasteiger partial charge on any atom is 0.328 e. The lowest BCUT2D eigenvalue weighted by Gasteiger charge is -2.17. The molecule has 0 radical (unpaired) electrons. The standard InChI is InChI=1S/C11H15N3O6/c1-3-13-5-7(14(19)20)4-8(13)10(16)12-9(6(2)15)11(17)18/h4-6,9,15H,3H2,1-2H3,(H,12,16)(H,17,18)/t6-,9+/m1/s1. The first kappa shape index (κ1) is 15.6. The van der Waals surface area contributed by atoms with E-state index in [4.69, 9.17) is 5.11 Å². The van der Waals surface area contributed by atoms with Gasteiger partial charge in [-0.2, -0.15) is 0 Å². The zero-order valence-electron chi connectivity index (χ0n) is 10.9. The van der Waals surface area contributed by atoms with Crippen LogP contribution in [0.4, 0.5) is 5.69 Å². The van der Waals surface area contributed by atoms with Gasteiger partial charge in [-0.3, -0.25) is 14.9 Å². The Morgan fingerprint density at radius 1 is 1.55 bits per heavy atom. The van der Waals surface area contributed by atoms with Crippen LogP contribution in [0.3, 0.4) is 0 Å². The van der Waals surface area contributed by atoms with E-state index >= 15 is 0 Å². The molecule has 3 N–H and O–H groups in total. The van der Waals surface area contributed by atoms with Gasteiger partial charge in [0.05, 0.1) is 17.2 Å². The van der Waals surface area contributed by atoms with Crippen LogP contribution in [0, 0.1) is 10.1 Å². The minimum Gasteiger partial charge on any atom is -0.480 e. The molecule has 0 aromatic carbocycles. The van der Waals surface area contributed by atoms with Crippen LogP contribution in [-0.4, -0.2) is 43.7 Å². The first-order valence-electron chi connectivity index (χ1n) is 5.84. The van der Waals surface area contributed by atoms with Gasteiger partial charge in [0.25, 0.3) is 11.6 Å². The van der Waals surface area contributed by atoms with E-state index in [-0.39, 0.29) is 11.4 Å². The highest BCUT2D eigenvalue weighted by atomic mass is 16.6. The van der Waals surface area contributed by atoms with E-state index in [1.807, 2.05) is 0 Å². The van der Waals surface area contributed by atoms with Crippen LogP contribution in [0.2, 0.25) is 0 Å². The van der Waals surface area contributed by atoms with Crippen molar-refractivity contribution in [2.75, 3.05) is 0 Å². The van der Waals surface area contributed by atoms with Crippen molar-refractivity contribution in [2.45, 2.75) is 32.5 Å². The fourth-order valence-electron chi connectivity index (χ4n) is 1.65. The topological polar surface area (TPSA) is 135 Å². The average molecular weight is 285 g/mol. The summed E-state index contributed by atoms with van der Waals surface area (Å²) in [6, 6.07) is -0.429. The number of carboxylic acid groups (broad SMARTS) is 1. The summed E-state index contributed by atoms with van der Waals surface area (Å²) in [5, 5.41) is 31.0. The summed E-state index contributed by atoms with van der Waals surface area (Å²) in [7, 11) is 0. The second-order valence-electron chi connectivity index (χ2n) is 4.16. The largest absolute Gasteiger partial charge is 0.480 e. The van der Waals surface area contributed by atoms with E-state index in [1.54, 1.807) is 6.92 Å². The minimum atomic E-state index is -1.48. The molecule has 0 bridgehead atoms. The van der Waals surface area contributed by atoms with Gasteiger partial charge in [0.15, 0.2) is 6.04 Å². The Morgan fingerprint density at radius 3 is 2.55 bits per heavy atom. The molecule has 9 nitrogen and oxygen atoms in total. The molecule has 0 aliphatic rings. The predicted octanol–water partition coefficient (Wildman–Crippen LogP) is -0.0200. The van der Waals surface area contributed by atoms with Crippen LogP contribution in [0.25, 0.3) is 0 Å². The molecule has 1 rings (SSSR count). The Bertz CT molecular complexity index is 536. The summed E-state index contributed by atoms with van der Waals surface area (Å²) < 4.78 is 1.33. The van der Waals surface area contributed by atoms with Crippen LogP contribution in [0.5, 0.6) is 0 Å². The molecule has 1 amide bonds. The van der Waals surface area contributed by atoms with E-state index in [2.05, 4.69) is 5.32 Å². The summed E-state index contributed by atoms with van der Waals surface area (Å²) in [4.78, 5) is 32.9. The van der Waals surface area contributed by atoms with Gasteiger partial charge in [0, 0.05) is 12.6 Å². The van der Waals surface area contributed by atoms with Crippen molar-refractivity contribution in [1.29, 1.82) is 0 Å². The molecule has 0 saturated heterocycles. The van der Waals surface area contributed by atoms with Crippen molar-refractivity contribution in [1.82, 2.24) is 9.88 Å². The number of rotatable bonds is 6. The van der Waals surface area contributed by atoms with Gasteiger partial charge in [-0.1, -0.05) is 0 Å². The number of aliphatic carboxylic acids is 1. The second kappa shape index (κ2) is 6.15. The number of aromatic nitrogens is 1. The molecule has 110 valence electrons. The maximum atomic E-state index is 12.0. The van der Waals surface area contributed by atoms with E-state index in [0.29, 0.717) is 6.54 Å². The highest BCUT2D eigenvalue weighted by Crippen LogP contribution is 2.16. The third-order valence-corrected chi connectivity index (χ3v) is 2.70. The van der Waals surface area contributed by atoms with Crippen LogP contribution in [0.15, 0.2) is 12.3 Å². The molecule has 0 aliphatic heterocycles. The molecule has 9 heteroatoms. The molecule has 1 aromatic rings. The maximum absolute atomic E-state index is 12.0. The number of aliphatic hydroxyl groups is 1. The summed E-state index contributed by atoms with van der Waals surface area (Å²) in [5.41, 5.74) is -0.299. The fourth-order valence-corrected chi connectivity index (χ4v) is 1.65. The second-order valence-corrected chi connectivity index (χ2v) is 4.16. The number of aryl methyl sites for hydroxylation is 1. The summed E-state index contributed by atoms with van der Waals surface area (Å²) in [6.07, 6.45) is -0.107. The number of nitrogens with one attached hydrogen (secondary N) is 1. The third-order valence-electron chi connectivity index (χ3n) is 2.70. The average Bonchev–Trinajstić information content (AvgIpc) is 2.79. The number of hydrogen-bond acceptors (Lipinski definition) is 5. The van der Waals surface area contributed by atoms with Crippen LogP contribution in [0.1, 0.15) is 24.3 Å². The van der Waals surface area contributed by atoms with Crippen molar-refractivity contribution in [2.24, 2.45) is 0 Å². The fraction of sp³-hybridized carbons (Fsp3) is 0.455. The number of nitrogens with zero attached hydrogens (tertiary/aromatic N) is 2. The molecule has 20 heavy (non-hydrogen) atoms. The van der Waals surface area contributed by atoms with Crippen molar-refractivity contribution in [3.8, 4) is 0 Å². The van der Waals surface area contributed by atoms with Crippen molar-refractivity contribution in [3.63, 3.8) is 0 Å². The number of aliphatic hydroxyl groups excluding tert-OH is 1. The van der Waals surface area contributed by atoms with Crippen molar-refractivity contribution >= 4 is 17.6 Å². The summed E-state index contributed by atoms with van der Waals surface area (Å²) >= 11 is 0. The number of amides is 1. The predicted molar refractivity (Wildman–Crippen MR) is 67.3 cm³/mol. The Hall–Kier alpha value is -2.42. The smallest absolute Gasteiger partial charge is 0.328 e. The Kier molecular flexibility index (Phi) is 4.81. The zero-order valence-corrected chi connectivity index (χ0v) is 10.9. The first-order chi connectivity index (χ1) is 9.27. The lowest BCUT2D eigenvalue weighted by atomic mass is 10.2. The number of carboxylic acids is 1. The monoisotopic (exact) mass is 285 g/mol. The highest BCUT2D eigenvalue weighted by Gasteiger charge is 2.27. The van der Waals surface area contributed by atoms with E-state index < -0.39 is 28.9 Å². The Labute approximate surface area is 114 Å². The molecular weight excluding hydrogens is 270 g/mol. The molecule has 2 atom stereocenters. The van der Waals surface area contributed by atoms with Gasteiger partial charge in [-0.15, -0.1) is 0 Å². The quantitative estimate of drug-likeness (QED) is 0.496. The van der Waals surface area contributed by atoms with Gasteiger partial charge in [-0.05, 0) is 13.8 Å². The first-order valence-corrected chi connectivity index (χ1v) is 5.84. The molecular formula is C11H15N3O6. The van der Waals surface area contributed by atoms with Crippen LogP contribution < -0.4 is 5.32 Å². The van der Waals surface area contributed by atoms with Crippen molar-refractivity contribution in [3.05, 3.63) is 28.1 Å². The minimum absolute atomic E-state index is 0.0360. The molecule has 1 heterocycles.